The standard InChI is InChI=1S/C21H26ClN5O3/c22-19-5-1-17(2-6-19)15-24-21(23-9-10-26-11-13-30-14-12-26)25-16-18-3-7-20(8-4-18)27(28)29/h1-8H,9-16H2,(H2,23,24,25). The number of aliphatic imine (C=N–C) groups is 1. The van der Waals surface area contributed by atoms with Crippen LogP contribution in [0.3, 0.4) is 0 Å². The highest BCUT2D eigenvalue weighted by Crippen LogP contribution is 2.12. The van der Waals surface area contributed by atoms with E-state index in [1.165, 1.54) is 12.1 Å². The van der Waals surface area contributed by atoms with Gasteiger partial charge in [-0.15, -0.1) is 0 Å². The van der Waals surface area contributed by atoms with Gasteiger partial charge in [0.25, 0.3) is 5.69 Å². The molecule has 0 atom stereocenters. The molecule has 2 N–H and O–H groups in total. The predicted octanol–water partition coefficient (Wildman–Crippen LogP) is 2.82. The van der Waals surface area contributed by atoms with Crippen molar-refractivity contribution >= 4 is 23.2 Å². The number of morpholine rings is 1. The molecule has 2 aromatic carbocycles. The molecule has 1 fully saturated rings. The summed E-state index contributed by atoms with van der Waals surface area (Å²) in [6.45, 7) is 6.12. The third-order valence-corrected chi connectivity index (χ3v) is 5.02. The summed E-state index contributed by atoms with van der Waals surface area (Å²) in [5.41, 5.74) is 2.08. The molecule has 0 radical (unpaired) electrons. The molecule has 1 heterocycles. The van der Waals surface area contributed by atoms with E-state index in [-0.39, 0.29) is 5.69 Å². The van der Waals surface area contributed by atoms with Gasteiger partial charge in [0, 0.05) is 49.9 Å². The predicted molar refractivity (Wildman–Crippen MR) is 118 cm³/mol. The molecule has 0 saturated carbocycles. The number of nitro benzene ring substituents is 1. The lowest BCUT2D eigenvalue weighted by Crippen LogP contribution is -2.44. The smallest absolute Gasteiger partial charge is 0.269 e. The van der Waals surface area contributed by atoms with Gasteiger partial charge in [0.2, 0.25) is 0 Å². The monoisotopic (exact) mass is 431 g/mol. The summed E-state index contributed by atoms with van der Waals surface area (Å²) in [6.07, 6.45) is 0. The Morgan fingerprint density at radius 2 is 1.73 bits per heavy atom. The van der Waals surface area contributed by atoms with Crippen LogP contribution in [0.15, 0.2) is 53.5 Å². The zero-order valence-corrected chi connectivity index (χ0v) is 17.5. The lowest BCUT2D eigenvalue weighted by Gasteiger charge is -2.26. The van der Waals surface area contributed by atoms with Gasteiger partial charge in [-0.25, -0.2) is 4.99 Å². The van der Waals surface area contributed by atoms with Gasteiger partial charge in [-0.3, -0.25) is 15.0 Å². The minimum atomic E-state index is -0.399. The first-order valence-electron chi connectivity index (χ1n) is 9.90. The number of guanidine groups is 1. The quantitative estimate of drug-likeness (QED) is 0.289. The van der Waals surface area contributed by atoms with E-state index in [0.29, 0.717) is 24.1 Å². The first-order chi connectivity index (χ1) is 14.6. The van der Waals surface area contributed by atoms with Crippen LogP contribution in [-0.2, 0) is 17.8 Å². The average molecular weight is 432 g/mol. The Bertz CT molecular complexity index is 837. The van der Waals surface area contributed by atoms with Crippen molar-refractivity contribution in [2.24, 2.45) is 4.99 Å². The number of nitro groups is 1. The molecule has 3 rings (SSSR count). The van der Waals surface area contributed by atoms with Crippen LogP contribution in [0.2, 0.25) is 5.02 Å². The molecular weight excluding hydrogens is 406 g/mol. The topological polar surface area (TPSA) is 92.0 Å². The van der Waals surface area contributed by atoms with Crippen LogP contribution in [0.25, 0.3) is 0 Å². The normalized spacial score (nSPS) is 15.0. The summed E-state index contributed by atoms with van der Waals surface area (Å²) in [5, 5.41) is 18.2. The minimum absolute atomic E-state index is 0.0824. The molecule has 8 nitrogen and oxygen atoms in total. The van der Waals surface area contributed by atoms with Crippen molar-refractivity contribution in [2.75, 3.05) is 39.4 Å². The van der Waals surface area contributed by atoms with Gasteiger partial charge < -0.3 is 15.4 Å². The molecule has 0 bridgehead atoms. The number of nitrogens with one attached hydrogen (secondary N) is 2. The molecule has 2 aromatic rings. The Hall–Kier alpha value is -2.68. The number of benzene rings is 2. The largest absolute Gasteiger partial charge is 0.379 e. The molecule has 1 saturated heterocycles. The molecule has 1 aliphatic heterocycles. The van der Waals surface area contributed by atoms with E-state index >= 15 is 0 Å². The van der Waals surface area contributed by atoms with E-state index in [1.54, 1.807) is 12.1 Å². The molecule has 0 amide bonds. The number of non-ortho nitro benzene ring substituents is 1. The first kappa shape index (κ1) is 22.0. The number of halogens is 1. The molecule has 0 aliphatic carbocycles. The Labute approximate surface area is 181 Å². The summed E-state index contributed by atoms with van der Waals surface area (Å²) in [7, 11) is 0. The highest BCUT2D eigenvalue weighted by molar-refractivity contribution is 6.30. The summed E-state index contributed by atoms with van der Waals surface area (Å²) in [4.78, 5) is 17.4. The number of nitrogens with zero attached hydrogens (tertiary/aromatic N) is 3. The lowest BCUT2D eigenvalue weighted by molar-refractivity contribution is -0.384. The van der Waals surface area contributed by atoms with Crippen molar-refractivity contribution in [2.45, 2.75) is 13.1 Å². The van der Waals surface area contributed by atoms with Crippen LogP contribution in [0, 0.1) is 10.1 Å². The maximum absolute atomic E-state index is 10.8. The zero-order valence-electron chi connectivity index (χ0n) is 16.7. The van der Waals surface area contributed by atoms with E-state index in [9.17, 15) is 10.1 Å². The molecule has 30 heavy (non-hydrogen) atoms. The minimum Gasteiger partial charge on any atom is -0.379 e. The highest BCUT2D eigenvalue weighted by atomic mass is 35.5. The van der Waals surface area contributed by atoms with Crippen LogP contribution >= 0.6 is 11.6 Å². The summed E-state index contributed by atoms with van der Waals surface area (Å²) in [6, 6.07) is 14.1. The second-order valence-electron chi connectivity index (χ2n) is 6.95. The fourth-order valence-electron chi connectivity index (χ4n) is 3.01. The third-order valence-electron chi connectivity index (χ3n) is 4.76. The number of ether oxygens (including phenoxy) is 1. The number of hydrogen-bond donors (Lipinski definition) is 2. The van der Waals surface area contributed by atoms with E-state index in [2.05, 4.69) is 20.5 Å². The Morgan fingerprint density at radius 3 is 2.40 bits per heavy atom. The number of hydrogen-bond acceptors (Lipinski definition) is 5. The van der Waals surface area contributed by atoms with Crippen molar-refractivity contribution in [3.05, 3.63) is 74.8 Å². The van der Waals surface area contributed by atoms with Crippen molar-refractivity contribution < 1.29 is 9.66 Å². The van der Waals surface area contributed by atoms with Gasteiger partial charge in [-0.2, -0.15) is 0 Å². The molecule has 1 aliphatic rings. The second kappa shape index (κ2) is 11.5. The zero-order chi connectivity index (χ0) is 21.2. The van der Waals surface area contributed by atoms with Crippen LogP contribution < -0.4 is 10.6 Å². The van der Waals surface area contributed by atoms with Gasteiger partial charge in [0.05, 0.1) is 24.7 Å². The highest BCUT2D eigenvalue weighted by Gasteiger charge is 2.10. The van der Waals surface area contributed by atoms with Gasteiger partial charge in [-0.05, 0) is 23.3 Å². The molecular formula is C21H26ClN5O3. The van der Waals surface area contributed by atoms with E-state index in [4.69, 9.17) is 16.3 Å². The Kier molecular flexibility index (Phi) is 8.43. The maximum atomic E-state index is 10.8. The van der Waals surface area contributed by atoms with E-state index < -0.39 is 4.92 Å². The maximum Gasteiger partial charge on any atom is 0.269 e. The van der Waals surface area contributed by atoms with Crippen molar-refractivity contribution in [3.63, 3.8) is 0 Å². The Balaban J connectivity index is 1.57. The summed E-state index contributed by atoms with van der Waals surface area (Å²) in [5.74, 6) is 0.691. The van der Waals surface area contributed by atoms with Crippen LogP contribution in [0.1, 0.15) is 11.1 Å². The summed E-state index contributed by atoms with van der Waals surface area (Å²) >= 11 is 5.95. The number of rotatable bonds is 8. The van der Waals surface area contributed by atoms with Gasteiger partial charge in [0.1, 0.15) is 0 Å². The van der Waals surface area contributed by atoms with Gasteiger partial charge >= 0.3 is 0 Å². The fraction of sp³-hybridized carbons (Fsp3) is 0.381. The van der Waals surface area contributed by atoms with Crippen LogP contribution in [-0.4, -0.2) is 55.2 Å². The first-order valence-corrected chi connectivity index (χ1v) is 10.3. The SMILES string of the molecule is O=[N+]([O-])c1ccc(CNC(=NCc2ccc(Cl)cc2)NCCN2CCOCC2)cc1. The molecule has 160 valence electrons. The lowest BCUT2D eigenvalue weighted by atomic mass is 10.2. The average Bonchev–Trinajstić information content (AvgIpc) is 2.77. The second-order valence-corrected chi connectivity index (χ2v) is 7.39. The van der Waals surface area contributed by atoms with Crippen LogP contribution in [0.5, 0.6) is 0 Å². The van der Waals surface area contributed by atoms with Crippen molar-refractivity contribution in [3.8, 4) is 0 Å². The van der Waals surface area contributed by atoms with E-state index in [0.717, 1.165) is 50.5 Å². The Morgan fingerprint density at radius 1 is 1.07 bits per heavy atom. The molecule has 0 unspecified atom stereocenters. The van der Waals surface area contributed by atoms with Gasteiger partial charge in [0.15, 0.2) is 5.96 Å². The summed E-state index contributed by atoms with van der Waals surface area (Å²) < 4.78 is 5.38. The van der Waals surface area contributed by atoms with Crippen LogP contribution in [0.4, 0.5) is 5.69 Å². The van der Waals surface area contributed by atoms with Crippen molar-refractivity contribution in [1.82, 2.24) is 15.5 Å². The van der Waals surface area contributed by atoms with Crippen molar-refractivity contribution in [1.29, 1.82) is 0 Å². The molecule has 0 spiro atoms. The molecule has 0 aromatic heterocycles. The third kappa shape index (κ3) is 7.29. The van der Waals surface area contributed by atoms with Gasteiger partial charge in [-0.1, -0.05) is 35.9 Å². The fourth-order valence-corrected chi connectivity index (χ4v) is 3.14. The molecule has 9 heteroatoms. The van der Waals surface area contributed by atoms with E-state index in [1.807, 2.05) is 24.3 Å².